The molecule has 22 heavy (non-hydrogen) atoms. The van der Waals surface area contributed by atoms with Crippen LogP contribution in [0.4, 0.5) is 5.69 Å². The highest BCUT2D eigenvalue weighted by Gasteiger charge is 2.09. The molecule has 0 saturated carbocycles. The van der Waals surface area contributed by atoms with Crippen molar-refractivity contribution in [2.24, 2.45) is 0 Å². The summed E-state index contributed by atoms with van der Waals surface area (Å²) in [6.45, 7) is -0.0344. The van der Waals surface area contributed by atoms with Gasteiger partial charge in [-0.15, -0.1) is 0 Å². The van der Waals surface area contributed by atoms with Gasteiger partial charge in [-0.2, -0.15) is 5.26 Å². The average Bonchev–Trinajstić information content (AvgIpc) is 2.95. The van der Waals surface area contributed by atoms with Crippen LogP contribution in [0.15, 0.2) is 36.3 Å². The van der Waals surface area contributed by atoms with Crippen molar-refractivity contribution < 1.29 is 14.7 Å². The van der Waals surface area contributed by atoms with Crippen LogP contribution in [-0.2, 0) is 9.59 Å². The fourth-order valence-electron chi connectivity index (χ4n) is 1.71. The predicted octanol–water partition coefficient (Wildman–Crippen LogP) is 0.973. The Bertz CT molecular complexity index is 772. The first-order chi connectivity index (χ1) is 10.6. The van der Waals surface area contributed by atoms with E-state index in [9.17, 15) is 9.59 Å². The van der Waals surface area contributed by atoms with Crippen molar-refractivity contribution in [2.45, 2.75) is 6.42 Å². The third-order valence-corrected chi connectivity index (χ3v) is 2.79. The van der Waals surface area contributed by atoms with Gasteiger partial charge in [-0.05, 0) is 18.2 Å². The summed E-state index contributed by atoms with van der Waals surface area (Å²) < 4.78 is 0. The molecular weight excluding hydrogens is 286 g/mol. The van der Waals surface area contributed by atoms with Gasteiger partial charge in [0.05, 0.1) is 23.8 Å². The molecule has 0 radical (unpaired) electrons. The molecule has 1 aromatic carbocycles. The molecule has 0 aliphatic heterocycles. The van der Waals surface area contributed by atoms with Crippen molar-refractivity contribution in [3.05, 3.63) is 36.3 Å². The molecule has 8 heteroatoms. The minimum Gasteiger partial charge on any atom is -0.481 e. The van der Waals surface area contributed by atoms with Gasteiger partial charge in [0.1, 0.15) is 11.6 Å². The van der Waals surface area contributed by atoms with Gasteiger partial charge in [-0.1, -0.05) is 0 Å². The van der Waals surface area contributed by atoms with E-state index in [0.29, 0.717) is 5.69 Å². The average molecular weight is 299 g/mol. The zero-order valence-corrected chi connectivity index (χ0v) is 11.5. The number of benzene rings is 1. The Hall–Kier alpha value is -3.34. The number of carboxylic acids is 1. The van der Waals surface area contributed by atoms with E-state index >= 15 is 0 Å². The van der Waals surface area contributed by atoms with Crippen LogP contribution in [0.1, 0.15) is 6.42 Å². The van der Waals surface area contributed by atoms with Gasteiger partial charge in [0.15, 0.2) is 0 Å². The number of anilines is 1. The number of amides is 1. The Balaban J connectivity index is 2.00. The second-order valence-corrected chi connectivity index (χ2v) is 4.35. The number of nitrogens with one attached hydrogen (secondary N) is 3. The molecule has 1 aromatic heterocycles. The fraction of sp³-hybridized carbons (Fsp3) is 0.143. The largest absolute Gasteiger partial charge is 0.481 e. The van der Waals surface area contributed by atoms with Crippen LogP contribution in [0, 0.1) is 11.3 Å². The number of nitriles is 1. The minimum absolute atomic E-state index is 0.0344. The van der Waals surface area contributed by atoms with Gasteiger partial charge in [0.2, 0.25) is 0 Å². The molecule has 112 valence electrons. The van der Waals surface area contributed by atoms with Gasteiger partial charge in [0, 0.05) is 18.4 Å². The maximum atomic E-state index is 11.7. The summed E-state index contributed by atoms with van der Waals surface area (Å²) in [5.41, 5.74) is 2.17. The molecule has 0 atom stereocenters. The summed E-state index contributed by atoms with van der Waals surface area (Å²) in [4.78, 5) is 29.1. The molecule has 2 rings (SSSR count). The molecule has 2 aromatic rings. The molecule has 0 unspecified atom stereocenters. The van der Waals surface area contributed by atoms with Crippen molar-refractivity contribution in [1.82, 2.24) is 15.3 Å². The number of H-pyrrole nitrogens is 1. The lowest BCUT2D eigenvalue weighted by Gasteiger charge is -2.04. The summed E-state index contributed by atoms with van der Waals surface area (Å²) >= 11 is 0. The molecule has 0 aliphatic carbocycles. The molecule has 0 bridgehead atoms. The first-order valence-electron chi connectivity index (χ1n) is 6.40. The van der Waals surface area contributed by atoms with Crippen molar-refractivity contribution >= 4 is 28.6 Å². The van der Waals surface area contributed by atoms with E-state index in [1.54, 1.807) is 30.6 Å². The van der Waals surface area contributed by atoms with Crippen LogP contribution in [0.2, 0.25) is 0 Å². The van der Waals surface area contributed by atoms with E-state index in [-0.39, 0.29) is 18.5 Å². The number of nitrogens with zero attached hydrogens (tertiary/aromatic N) is 2. The van der Waals surface area contributed by atoms with Gasteiger partial charge in [-0.3, -0.25) is 9.59 Å². The summed E-state index contributed by atoms with van der Waals surface area (Å²) in [6, 6.07) is 7.10. The van der Waals surface area contributed by atoms with E-state index in [2.05, 4.69) is 20.6 Å². The lowest BCUT2D eigenvalue weighted by atomic mass is 10.2. The van der Waals surface area contributed by atoms with E-state index in [4.69, 9.17) is 10.4 Å². The molecule has 1 heterocycles. The second-order valence-electron chi connectivity index (χ2n) is 4.35. The monoisotopic (exact) mass is 299 g/mol. The molecule has 1 amide bonds. The zero-order valence-electron chi connectivity index (χ0n) is 11.5. The third kappa shape index (κ3) is 3.83. The molecule has 0 spiro atoms. The number of aromatic amines is 1. The topological polar surface area (TPSA) is 131 Å². The van der Waals surface area contributed by atoms with Gasteiger partial charge < -0.3 is 20.7 Å². The molecule has 0 fully saturated rings. The fourth-order valence-corrected chi connectivity index (χ4v) is 1.71. The number of aliphatic carboxylic acids is 1. The van der Waals surface area contributed by atoms with Crippen molar-refractivity contribution in [1.29, 1.82) is 5.26 Å². The van der Waals surface area contributed by atoms with E-state index in [1.807, 2.05) is 0 Å². The van der Waals surface area contributed by atoms with Crippen LogP contribution in [0.5, 0.6) is 0 Å². The quantitative estimate of drug-likeness (QED) is 0.464. The third-order valence-electron chi connectivity index (χ3n) is 2.79. The first kappa shape index (κ1) is 15.1. The Morgan fingerprint density at radius 3 is 3.00 bits per heavy atom. The molecule has 0 saturated heterocycles. The number of hydrogen-bond acceptors (Lipinski definition) is 5. The van der Waals surface area contributed by atoms with Crippen molar-refractivity contribution in [2.75, 3.05) is 11.9 Å². The number of fused-ring (bicyclic) bond motifs is 1. The van der Waals surface area contributed by atoms with Crippen molar-refractivity contribution in [3.63, 3.8) is 0 Å². The number of carbonyl (C=O) groups excluding carboxylic acids is 1. The van der Waals surface area contributed by atoms with Crippen LogP contribution < -0.4 is 10.6 Å². The summed E-state index contributed by atoms with van der Waals surface area (Å²) in [5.74, 6) is -1.65. The highest BCUT2D eigenvalue weighted by molar-refractivity contribution is 5.97. The summed E-state index contributed by atoms with van der Waals surface area (Å²) in [7, 11) is 0. The van der Waals surface area contributed by atoms with E-state index in [1.165, 1.54) is 6.20 Å². The van der Waals surface area contributed by atoms with E-state index < -0.39 is 11.9 Å². The SMILES string of the molecule is N#C/C(=C/Nc1ccc2nc[nH]c2c1)C(=O)NCCC(=O)O. The predicted molar refractivity (Wildman–Crippen MR) is 78.7 cm³/mol. The van der Waals surface area contributed by atoms with Gasteiger partial charge >= 0.3 is 5.97 Å². The molecule has 4 N–H and O–H groups in total. The van der Waals surface area contributed by atoms with Crippen LogP contribution in [0.3, 0.4) is 0 Å². The summed E-state index contributed by atoms with van der Waals surface area (Å²) in [6.07, 6.45) is 2.64. The summed E-state index contributed by atoms with van der Waals surface area (Å²) in [5, 5.41) is 22.7. The number of hydrogen-bond donors (Lipinski definition) is 4. The minimum atomic E-state index is -1.02. The Morgan fingerprint density at radius 1 is 1.45 bits per heavy atom. The van der Waals surface area contributed by atoms with Crippen LogP contribution >= 0.6 is 0 Å². The first-order valence-corrected chi connectivity index (χ1v) is 6.40. The number of carboxylic acid groups (broad SMARTS) is 1. The van der Waals surface area contributed by atoms with Gasteiger partial charge in [0.25, 0.3) is 5.91 Å². The lowest BCUT2D eigenvalue weighted by molar-refractivity contribution is -0.136. The highest BCUT2D eigenvalue weighted by atomic mass is 16.4. The molecular formula is C14H13N5O3. The Labute approximate surface area is 125 Å². The Morgan fingerprint density at radius 2 is 2.27 bits per heavy atom. The number of imidazole rings is 1. The maximum Gasteiger partial charge on any atom is 0.305 e. The number of carbonyl (C=O) groups is 2. The van der Waals surface area contributed by atoms with Crippen LogP contribution in [0.25, 0.3) is 11.0 Å². The van der Waals surface area contributed by atoms with Crippen LogP contribution in [-0.4, -0.2) is 33.5 Å². The number of aromatic nitrogens is 2. The highest BCUT2D eigenvalue weighted by Crippen LogP contribution is 2.15. The Kier molecular flexibility index (Phi) is 4.72. The van der Waals surface area contributed by atoms with Crippen molar-refractivity contribution in [3.8, 4) is 6.07 Å². The molecule has 8 nitrogen and oxygen atoms in total. The zero-order chi connectivity index (χ0) is 15.9. The lowest BCUT2D eigenvalue weighted by Crippen LogP contribution is -2.27. The standard InChI is InChI=1S/C14H13N5O3/c15-6-9(14(22)16-4-3-13(20)21)7-17-10-1-2-11-12(5-10)19-8-18-11/h1-2,5,7-8,17H,3-4H2,(H,16,22)(H,18,19)(H,20,21)/b9-7-. The second kappa shape index (κ2) is 6.90. The normalized spacial score (nSPS) is 11.0. The number of rotatable bonds is 6. The maximum absolute atomic E-state index is 11.7. The van der Waals surface area contributed by atoms with Gasteiger partial charge in [-0.25, -0.2) is 4.98 Å². The molecule has 0 aliphatic rings. The van der Waals surface area contributed by atoms with E-state index in [0.717, 1.165) is 11.0 Å². The smallest absolute Gasteiger partial charge is 0.305 e.